The van der Waals surface area contributed by atoms with E-state index in [2.05, 4.69) is 20.0 Å². The SMILES string of the molecule is N=C(/C(=C\N)NC(=O)c1cncc2sc(N)nc12)c1cc(Cl)ccc1OC(F)F. The monoisotopic (exact) mass is 438 g/mol. The Bertz CT molecular complexity index is 1130. The molecular weight excluding hydrogens is 426 g/mol. The fourth-order valence-electron chi connectivity index (χ4n) is 2.45. The number of carbonyl (C=O) groups is 1. The Labute approximate surface area is 171 Å². The van der Waals surface area contributed by atoms with Crippen LogP contribution in [0.1, 0.15) is 15.9 Å². The number of rotatable bonds is 6. The standard InChI is InChI=1S/C17H13ClF2N6O2S/c18-7-1-2-11(28-16(19)20)8(3-7)13(22)10(4-21)25-15(27)9-5-24-6-12-14(9)26-17(23)29-12/h1-6,16,22H,21H2,(H2,23,26)(H,25,27)/b10-4+,22-13?. The highest BCUT2D eigenvalue weighted by atomic mass is 35.5. The number of benzene rings is 1. The average Bonchev–Trinajstić information content (AvgIpc) is 3.06. The second-order valence-corrected chi connectivity index (χ2v) is 7.01. The van der Waals surface area contributed by atoms with Gasteiger partial charge in [0.1, 0.15) is 5.75 Å². The van der Waals surface area contributed by atoms with E-state index in [1.165, 1.54) is 30.6 Å². The highest BCUT2D eigenvalue weighted by Crippen LogP contribution is 2.27. The molecule has 29 heavy (non-hydrogen) atoms. The minimum Gasteiger partial charge on any atom is -0.434 e. The van der Waals surface area contributed by atoms with Gasteiger partial charge in [0.2, 0.25) is 0 Å². The topological polar surface area (TPSA) is 140 Å². The number of fused-ring (bicyclic) bond motifs is 1. The third kappa shape index (κ3) is 4.41. The summed E-state index contributed by atoms with van der Waals surface area (Å²) >= 11 is 7.07. The summed E-state index contributed by atoms with van der Waals surface area (Å²) in [5.74, 6) is -0.952. The van der Waals surface area contributed by atoms with Crippen LogP contribution in [0.4, 0.5) is 13.9 Å². The van der Waals surface area contributed by atoms with E-state index >= 15 is 0 Å². The number of hydrogen-bond acceptors (Lipinski definition) is 8. The number of allylic oxidation sites excluding steroid dienone is 1. The largest absolute Gasteiger partial charge is 0.434 e. The van der Waals surface area contributed by atoms with Crippen LogP contribution in [0.2, 0.25) is 5.02 Å². The van der Waals surface area contributed by atoms with Crippen LogP contribution in [0.15, 0.2) is 42.5 Å². The Morgan fingerprint density at radius 1 is 1.34 bits per heavy atom. The number of thiazole rings is 1. The van der Waals surface area contributed by atoms with Gasteiger partial charge in [-0.05, 0) is 18.2 Å². The molecule has 0 saturated heterocycles. The van der Waals surface area contributed by atoms with Crippen LogP contribution in [-0.2, 0) is 0 Å². The van der Waals surface area contributed by atoms with Gasteiger partial charge in [-0.3, -0.25) is 15.2 Å². The summed E-state index contributed by atoms with van der Waals surface area (Å²) in [7, 11) is 0. The predicted octanol–water partition coefficient (Wildman–Crippen LogP) is 3.13. The molecule has 0 bridgehead atoms. The first kappa shape index (κ1) is 20.4. The van der Waals surface area contributed by atoms with Gasteiger partial charge in [-0.1, -0.05) is 22.9 Å². The number of alkyl halides is 2. The van der Waals surface area contributed by atoms with Crippen molar-refractivity contribution in [1.29, 1.82) is 5.41 Å². The van der Waals surface area contributed by atoms with Gasteiger partial charge in [0.25, 0.3) is 5.91 Å². The molecule has 3 aromatic rings. The number of carbonyl (C=O) groups excluding carboxylic acids is 1. The van der Waals surface area contributed by atoms with E-state index in [-0.39, 0.29) is 38.4 Å². The van der Waals surface area contributed by atoms with Gasteiger partial charge in [-0.25, -0.2) is 4.98 Å². The molecule has 1 aromatic carbocycles. The van der Waals surface area contributed by atoms with Crippen LogP contribution in [0, 0.1) is 5.41 Å². The zero-order chi connectivity index (χ0) is 21.1. The first-order chi connectivity index (χ1) is 13.8. The molecule has 0 unspecified atom stereocenters. The fraction of sp³-hybridized carbons (Fsp3) is 0.0588. The molecular formula is C17H13ClF2N6O2S. The van der Waals surface area contributed by atoms with Crippen molar-refractivity contribution < 1.29 is 18.3 Å². The number of nitrogens with two attached hydrogens (primary N) is 2. The molecule has 3 rings (SSSR count). The number of hydrogen-bond donors (Lipinski definition) is 4. The van der Waals surface area contributed by atoms with E-state index in [0.29, 0.717) is 10.2 Å². The maximum atomic E-state index is 12.7. The van der Waals surface area contributed by atoms with E-state index in [9.17, 15) is 13.6 Å². The molecule has 0 fully saturated rings. The van der Waals surface area contributed by atoms with Crippen LogP contribution in [0.5, 0.6) is 5.75 Å². The smallest absolute Gasteiger partial charge is 0.387 e. The summed E-state index contributed by atoms with van der Waals surface area (Å²) < 4.78 is 30.4. The van der Waals surface area contributed by atoms with Gasteiger partial charge >= 0.3 is 6.61 Å². The van der Waals surface area contributed by atoms with Gasteiger partial charge in [0, 0.05) is 29.2 Å². The Hall–Kier alpha value is -3.31. The number of nitrogens with one attached hydrogen (secondary N) is 2. The van der Waals surface area contributed by atoms with Crippen molar-refractivity contribution in [2.45, 2.75) is 6.61 Å². The minimum absolute atomic E-state index is 0.0796. The summed E-state index contributed by atoms with van der Waals surface area (Å²) in [5, 5.41) is 11.2. The van der Waals surface area contributed by atoms with Crippen molar-refractivity contribution >= 4 is 49.9 Å². The summed E-state index contributed by atoms with van der Waals surface area (Å²) in [6.07, 6.45) is 3.76. The van der Waals surface area contributed by atoms with E-state index in [1.807, 2.05) is 0 Å². The lowest BCUT2D eigenvalue weighted by molar-refractivity contribution is -0.0499. The van der Waals surface area contributed by atoms with Gasteiger partial charge < -0.3 is 21.5 Å². The third-order valence-corrected chi connectivity index (χ3v) is 4.73. The maximum absolute atomic E-state index is 12.7. The first-order valence-electron chi connectivity index (χ1n) is 7.87. The molecule has 0 aliphatic carbocycles. The van der Waals surface area contributed by atoms with E-state index in [4.69, 9.17) is 28.5 Å². The Balaban J connectivity index is 1.91. The number of ether oxygens (including phenoxy) is 1. The second-order valence-electron chi connectivity index (χ2n) is 5.51. The molecule has 12 heteroatoms. The molecule has 2 heterocycles. The molecule has 8 nitrogen and oxygen atoms in total. The molecule has 0 atom stereocenters. The van der Waals surface area contributed by atoms with Crippen molar-refractivity contribution in [3.8, 4) is 5.75 Å². The maximum Gasteiger partial charge on any atom is 0.387 e. The molecule has 0 spiro atoms. The number of halogens is 3. The average molecular weight is 439 g/mol. The summed E-state index contributed by atoms with van der Waals surface area (Å²) in [6, 6.07) is 3.77. The predicted molar refractivity (Wildman–Crippen MR) is 106 cm³/mol. The Kier molecular flexibility index (Phi) is 5.89. The zero-order valence-corrected chi connectivity index (χ0v) is 16.0. The third-order valence-electron chi connectivity index (χ3n) is 3.68. The fourth-order valence-corrected chi connectivity index (χ4v) is 3.36. The summed E-state index contributed by atoms with van der Waals surface area (Å²) in [5.41, 5.74) is 11.1. The lowest BCUT2D eigenvalue weighted by Gasteiger charge is -2.15. The van der Waals surface area contributed by atoms with Gasteiger partial charge in [0.15, 0.2) is 5.13 Å². The molecule has 0 radical (unpaired) electrons. The van der Waals surface area contributed by atoms with E-state index < -0.39 is 12.5 Å². The van der Waals surface area contributed by atoms with E-state index in [0.717, 1.165) is 17.5 Å². The van der Waals surface area contributed by atoms with Crippen LogP contribution >= 0.6 is 22.9 Å². The molecule has 0 aliphatic heterocycles. The zero-order valence-electron chi connectivity index (χ0n) is 14.4. The highest BCUT2D eigenvalue weighted by molar-refractivity contribution is 7.22. The molecule has 0 saturated carbocycles. The van der Waals surface area contributed by atoms with Crippen molar-refractivity contribution in [3.05, 3.63) is 58.6 Å². The molecule has 1 amide bonds. The minimum atomic E-state index is -3.11. The summed E-state index contributed by atoms with van der Waals surface area (Å²) in [6.45, 7) is -3.11. The number of pyridine rings is 1. The van der Waals surface area contributed by atoms with Gasteiger partial charge in [-0.15, -0.1) is 0 Å². The lowest BCUT2D eigenvalue weighted by Crippen LogP contribution is -2.29. The van der Waals surface area contributed by atoms with Crippen LogP contribution < -0.4 is 21.5 Å². The number of nitrogens with zero attached hydrogens (tertiary/aromatic N) is 2. The number of nitrogen functional groups attached to an aromatic ring is 1. The van der Waals surface area contributed by atoms with Gasteiger partial charge in [-0.2, -0.15) is 8.78 Å². The molecule has 2 aromatic heterocycles. The molecule has 150 valence electrons. The number of aromatic nitrogens is 2. The first-order valence-corrected chi connectivity index (χ1v) is 9.06. The number of amides is 1. The van der Waals surface area contributed by atoms with Crippen molar-refractivity contribution in [3.63, 3.8) is 0 Å². The van der Waals surface area contributed by atoms with Crippen molar-refractivity contribution in [1.82, 2.24) is 15.3 Å². The highest BCUT2D eigenvalue weighted by Gasteiger charge is 2.21. The van der Waals surface area contributed by atoms with E-state index in [1.54, 1.807) is 0 Å². The van der Waals surface area contributed by atoms with Crippen molar-refractivity contribution in [2.24, 2.45) is 5.73 Å². The quantitative estimate of drug-likeness (QED) is 0.436. The second kappa shape index (κ2) is 8.37. The van der Waals surface area contributed by atoms with Crippen LogP contribution in [0.3, 0.4) is 0 Å². The van der Waals surface area contributed by atoms with Gasteiger partial charge in [0.05, 0.1) is 27.2 Å². The number of anilines is 1. The summed E-state index contributed by atoms with van der Waals surface area (Å²) in [4.78, 5) is 20.8. The van der Waals surface area contributed by atoms with Crippen LogP contribution in [-0.4, -0.2) is 28.2 Å². The van der Waals surface area contributed by atoms with Crippen LogP contribution in [0.25, 0.3) is 10.2 Å². The normalized spacial score (nSPS) is 11.7. The Morgan fingerprint density at radius 3 is 2.79 bits per heavy atom. The molecule has 0 aliphatic rings. The Morgan fingerprint density at radius 2 is 2.10 bits per heavy atom. The molecule has 6 N–H and O–H groups in total. The van der Waals surface area contributed by atoms with Crippen molar-refractivity contribution in [2.75, 3.05) is 5.73 Å². The lowest BCUT2D eigenvalue weighted by atomic mass is 10.1.